The molecule has 0 saturated heterocycles. The molecule has 15 heavy (non-hydrogen) atoms. The molecule has 0 radical (unpaired) electrons. The van der Waals surface area contributed by atoms with E-state index in [0.717, 1.165) is 5.56 Å². The normalized spacial score (nSPS) is 16.9. The number of rotatable bonds is 5. The standard InChI is InChI=1S/C8H12O5P2/c9-14(10)8(13-15(11)12)6-7-4-2-1-3-5-7/h1-5,8,14-15H,6H2,(H,9,10)(H,11,12). The first-order chi connectivity index (χ1) is 7.09. The van der Waals surface area contributed by atoms with E-state index < -0.39 is 22.1 Å². The first-order valence-electron chi connectivity index (χ1n) is 4.26. The molecular formula is C8H12O5P2. The third kappa shape index (κ3) is 4.74. The molecule has 1 aromatic carbocycles. The monoisotopic (exact) mass is 250 g/mol. The van der Waals surface area contributed by atoms with E-state index in [1.165, 1.54) is 0 Å². The molecule has 3 atom stereocenters. The number of hydrogen-bond donors (Lipinski definition) is 2. The van der Waals surface area contributed by atoms with Gasteiger partial charge in [-0.2, -0.15) is 0 Å². The summed E-state index contributed by atoms with van der Waals surface area (Å²) in [6.07, 6.45) is 0.159. The lowest BCUT2D eigenvalue weighted by Gasteiger charge is -2.12. The molecule has 1 aromatic rings. The number of benzene rings is 1. The van der Waals surface area contributed by atoms with E-state index in [4.69, 9.17) is 9.79 Å². The van der Waals surface area contributed by atoms with Crippen LogP contribution in [0.4, 0.5) is 0 Å². The minimum absolute atomic E-state index is 0.159. The predicted octanol–water partition coefficient (Wildman–Crippen LogP) is 1.42. The van der Waals surface area contributed by atoms with Crippen LogP contribution in [-0.2, 0) is 20.1 Å². The third-order valence-electron chi connectivity index (χ3n) is 1.78. The largest absolute Gasteiger partial charge is 0.345 e. The molecule has 0 amide bonds. The summed E-state index contributed by atoms with van der Waals surface area (Å²) < 4.78 is 25.8. The minimum Gasteiger partial charge on any atom is -0.345 e. The second-order valence-corrected chi connectivity index (χ2v) is 4.99. The van der Waals surface area contributed by atoms with Crippen LogP contribution in [0.15, 0.2) is 30.3 Å². The number of hydrogen-bond acceptors (Lipinski definition) is 3. The highest BCUT2D eigenvalue weighted by Crippen LogP contribution is 2.33. The fourth-order valence-corrected chi connectivity index (χ4v) is 2.57. The fourth-order valence-electron chi connectivity index (χ4n) is 1.13. The Bertz CT molecular complexity index is 353. The molecule has 3 unspecified atom stereocenters. The van der Waals surface area contributed by atoms with Crippen molar-refractivity contribution in [2.75, 3.05) is 0 Å². The molecule has 0 aliphatic rings. The Morgan fingerprint density at radius 1 is 1.20 bits per heavy atom. The van der Waals surface area contributed by atoms with Crippen molar-refractivity contribution < 1.29 is 23.4 Å². The molecule has 0 bridgehead atoms. The molecule has 0 heterocycles. The van der Waals surface area contributed by atoms with E-state index >= 15 is 0 Å². The maximum Gasteiger partial charge on any atom is 0.317 e. The van der Waals surface area contributed by atoms with Gasteiger partial charge in [0.25, 0.3) is 0 Å². The molecule has 2 N–H and O–H groups in total. The van der Waals surface area contributed by atoms with Crippen LogP contribution in [0, 0.1) is 0 Å². The molecule has 0 aliphatic carbocycles. The van der Waals surface area contributed by atoms with Crippen LogP contribution in [0.3, 0.4) is 0 Å². The highest BCUT2D eigenvalue weighted by molar-refractivity contribution is 7.40. The van der Waals surface area contributed by atoms with E-state index in [0.29, 0.717) is 0 Å². The summed E-state index contributed by atoms with van der Waals surface area (Å²) in [5, 5.41) is 0. The highest BCUT2D eigenvalue weighted by atomic mass is 31.1. The van der Waals surface area contributed by atoms with Crippen LogP contribution in [0.25, 0.3) is 0 Å². The van der Waals surface area contributed by atoms with Crippen LogP contribution >= 0.6 is 16.3 Å². The summed E-state index contributed by atoms with van der Waals surface area (Å²) in [6.45, 7) is 0. The summed E-state index contributed by atoms with van der Waals surface area (Å²) in [4.78, 5) is 17.4. The van der Waals surface area contributed by atoms with Gasteiger partial charge in [-0.25, -0.2) is 0 Å². The first-order valence-corrected chi connectivity index (χ1v) is 6.95. The Labute approximate surface area is 88.5 Å². The second-order valence-electron chi connectivity index (χ2n) is 2.90. The van der Waals surface area contributed by atoms with Gasteiger partial charge in [-0.1, -0.05) is 30.3 Å². The molecule has 0 aromatic heterocycles. The van der Waals surface area contributed by atoms with Gasteiger partial charge >= 0.3 is 8.25 Å². The predicted molar refractivity (Wildman–Crippen MR) is 57.5 cm³/mol. The summed E-state index contributed by atoms with van der Waals surface area (Å²) in [7, 11) is -6.15. The van der Waals surface area contributed by atoms with E-state index in [9.17, 15) is 9.13 Å². The molecule has 7 heteroatoms. The minimum atomic E-state index is -3.18. The SMILES string of the molecule is O=[PH](O)OC(Cc1ccccc1)[PH](=O)O. The Hall–Kier alpha value is -0.440. The van der Waals surface area contributed by atoms with E-state index in [1.807, 2.05) is 6.07 Å². The summed E-state index contributed by atoms with van der Waals surface area (Å²) in [5.74, 6) is -1.09. The summed E-state index contributed by atoms with van der Waals surface area (Å²) in [6, 6.07) is 8.90. The van der Waals surface area contributed by atoms with Crippen molar-refractivity contribution in [3.05, 3.63) is 35.9 Å². The maximum absolute atomic E-state index is 10.9. The van der Waals surface area contributed by atoms with E-state index in [-0.39, 0.29) is 6.42 Å². The van der Waals surface area contributed by atoms with E-state index in [1.54, 1.807) is 24.3 Å². The quantitative estimate of drug-likeness (QED) is 0.772. The molecule has 5 nitrogen and oxygen atoms in total. The topological polar surface area (TPSA) is 83.8 Å². The van der Waals surface area contributed by atoms with Gasteiger partial charge in [0.15, 0.2) is 0 Å². The van der Waals surface area contributed by atoms with Crippen molar-refractivity contribution in [1.29, 1.82) is 0 Å². The molecule has 0 aliphatic heterocycles. The molecule has 0 fully saturated rings. The van der Waals surface area contributed by atoms with Gasteiger partial charge < -0.3 is 9.79 Å². The van der Waals surface area contributed by atoms with Gasteiger partial charge in [-0.3, -0.25) is 13.7 Å². The smallest absolute Gasteiger partial charge is 0.317 e. The molecule has 1 rings (SSSR count). The zero-order valence-electron chi connectivity index (χ0n) is 7.79. The lowest BCUT2D eigenvalue weighted by atomic mass is 10.2. The van der Waals surface area contributed by atoms with Crippen LogP contribution in [0.5, 0.6) is 0 Å². The van der Waals surface area contributed by atoms with Gasteiger partial charge in [0, 0.05) is 6.42 Å². The van der Waals surface area contributed by atoms with Crippen molar-refractivity contribution >= 4 is 16.3 Å². The van der Waals surface area contributed by atoms with Crippen molar-refractivity contribution in [3.8, 4) is 0 Å². The van der Waals surface area contributed by atoms with E-state index in [2.05, 4.69) is 4.52 Å². The molecular weight excluding hydrogens is 238 g/mol. The summed E-state index contributed by atoms with van der Waals surface area (Å²) >= 11 is 0. The summed E-state index contributed by atoms with van der Waals surface area (Å²) in [5.41, 5.74) is 0.790. The average Bonchev–Trinajstić information content (AvgIpc) is 2.17. The lowest BCUT2D eigenvalue weighted by molar-refractivity contribution is 0.240. The second kappa shape index (κ2) is 6.21. The van der Waals surface area contributed by atoms with Crippen LogP contribution < -0.4 is 0 Å². The highest BCUT2D eigenvalue weighted by Gasteiger charge is 2.17. The van der Waals surface area contributed by atoms with Gasteiger partial charge in [-0.15, -0.1) is 0 Å². The Kier molecular flexibility index (Phi) is 5.23. The van der Waals surface area contributed by atoms with Crippen molar-refractivity contribution in [3.63, 3.8) is 0 Å². The average molecular weight is 250 g/mol. The van der Waals surface area contributed by atoms with Gasteiger partial charge in [0.05, 0.1) is 0 Å². The maximum atomic E-state index is 10.9. The van der Waals surface area contributed by atoms with Crippen LogP contribution in [0.1, 0.15) is 5.56 Å². The Morgan fingerprint density at radius 3 is 2.27 bits per heavy atom. The molecule has 0 spiro atoms. The first kappa shape index (κ1) is 12.6. The van der Waals surface area contributed by atoms with Crippen molar-refractivity contribution in [2.24, 2.45) is 0 Å². The fraction of sp³-hybridized carbons (Fsp3) is 0.250. The zero-order valence-corrected chi connectivity index (χ0v) is 9.79. The van der Waals surface area contributed by atoms with Gasteiger partial charge in [0.2, 0.25) is 8.03 Å². The van der Waals surface area contributed by atoms with Crippen LogP contribution in [0.2, 0.25) is 0 Å². The van der Waals surface area contributed by atoms with Crippen molar-refractivity contribution in [2.45, 2.75) is 12.3 Å². The Balaban J connectivity index is 2.67. The van der Waals surface area contributed by atoms with Crippen molar-refractivity contribution in [1.82, 2.24) is 0 Å². The molecule has 84 valence electrons. The Morgan fingerprint density at radius 2 is 1.80 bits per heavy atom. The lowest BCUT2D eigenvalue weighted by Crippen LogP contribution is -2.07. The third-order valence-corrected chi connectivity index (χ3v) is 3.38. The van der Waals surface area contributed by atoms with Gasteiger partial charge in [0.1, 0.15) is 5.85 Å². The van der Waals surface area contributed by atoms with Gasteiger partial charge in [-0.05, 0) is 5.56 Å². The molecule has 0 saturated carbocycles. The van der Waals surface area contributed by atoms with Crippen LogP contribution in [-0.4, -0.2) is 15.6 Å². The zero-order chi connectivity index (χ0) is 11.3.